The highest BCUT2D eigenvalue weighted by molar-refractivity contribution is 6.06. The molecule has 68 heavy (non-hydrogen) atoms. The van der Waals surface area contributed by atoms with Crippen LogP contribution < -0.4 is 4.90 Å². The van der Waals surface area contributed by atoms with Crippen molar-refractivity contribution >= 4 is 39.0 Å². The molecule has 0 bridgehead atoms. The van der Waals surface area contributed by atoms with Crippen LogP contribution in [-0.2, 0) is 0 Å². The molecule has 0 aliphatic heterocycles. The number of benzene rings is 11. The quantitative estimate of drug-likeness (QED) is 0.136. The summed E-state index contributed by atoms with van der Waals surface area (Å²) in [5.74, 6) is 0. The lowest BCUT2D eigenvalue weighted by atomic mass is 9.96. The highest BCUT2D eigenvalue weighted by Gasteiger charge is 2.17. The molecule has 0 N–H and O–H groups in total. The number of furan rings is 1. The van der Waals surface area contributed by atoms with Gasteiger partial charge in [0.25, 0.3) is 0 Å². The van der Waals surface area contributed by atoms with Crippen LogP contribution in [0.5, 0.6) is 0 Å². The predicted molar refractivity (Wildman–Crippen MR) is 286 cm³/mol. The van der Waals surface area contributed by atoms with Crippen molar-refractivity contribution in [2.24, 2.45) is 0 Å². The van der Waals surface area contributed by atoms with Crippen LogP contribution in [0.3, 0.4) is 0 Å². The van der Waals surface area contributed by atoms with Gasteiger partial charge >= 0.3 is 0 Å². The van der Waals surface area contributed by atoms with E-state index in [0.29, 0.717) is 0 Å². The Hall–Kier alpha value is -8.98. The van der Waals surface area contributed by atoms with E-state index in [1.54, 1.807) is 0 Å². The highest BCUT2D eigenvalue weighted by atomic mass is 16.3. The standard InChI is InChI=1S/C66H45NO/c1-3-11-46(12-4-1)48-21-27-53(28-22-48)58-17-10-18-59(44-58)55-31-25-50(26-32-55)52-35-39-61(40-36-52)67(62-41-42-64-63-19-7-8-20-65(63)68-66(64)45-62)60-37-33-51(34-38-60)49-23-29-54(30-24-49)57-16-9-15-56(43-57)47-13-5-2-6-14-47/h1-45H. The monoisotopic (exact) mass is 867 g/mol. The summed E-state index contributed by atoms with van der Waals surface area (Å²) in [5.41, 5.74) is 21.6. The summed E-state index contributed by atoms with van der Waals surface area (Å²) in [6.07, 6.45) is 0. The molecule has 12 aromatic rings. The lowest BCUT2D eigenvalue weighted by molar-refractivity contribution is 0.669. The smallest absolute Gasteiger partial charge is 0.137 e. The van der Waals surface area contributed by atoms with E-state index >= 15 is 0 Å². The third-order valence-electron chi connectivity index (χ3n) is 13.1. The molecule has 0 spiro atoms. The van der Waals surface area contributed by atoms with Gasteiger partial charge in [0, 0.05) is 33.9 Å². The first-order valence-electron chi connectivity index (χ1n) is 23.2. The SMILES string of the molecule is c1ccc(-c2ccc(-c3cccc(-c4ccc(-c5ccc(N(c6ccc(-c7ccc(-c8cccc(-c9ccccc9)c8)cc7)cc6)c6ccc7c(c6)oc6ccccc67)cc5)cc4)c3)cc2)cc1. The second-order valence-electron chi connectivity index (χ2n) is 17.3. The maximum atomic E-state index is 6.40. The summed E-state index contributed by atoms with van der Waals surface area (Å²) < 4.78 is 6.40. The molecule has 1 heterocycles. The van der Waals surface area contributed by atoms with Gasteiger partial charge in [0.2, 0.25) is 0 Å². The Kier molecular flexibility index (Phi) is 10.6. The Labute approximate surface area is 397 Å². The predicted octanol–water partition coefficient (Wildman–Crippen LogP) is 18.7. The maximum absolute atomic E-state index is 6.40. The topological polar surface area (TPSA) is 16.4 Å². The molecule has 12 rings (SSSR count). The van der Waals surface area contributed by atoms with Gasteiger partial charge in [-0.25, -0.2) is 0 Å². The molecule has 0 amide bonds. The van der Waals surface area contributed by atoms with Crippen molar-refractivity contribution in [3.8, 4) is 77.9 Å². The molecule has 0 unspecified atom stereocenters. The first-order chi connectivity index (χ1) is 33.7. The summed E-state index contributed by atoms with van der Waals surface area (Å²) >= 11 is 0. The van der Waals surface area contributed by atoms with E-state index in [1.165, 1.54) is 66.8 Å². The van der Waals surface area contributed by atoms with Gasteiger partial charge in [0.1, 0.15) is 11.2 Å². The highest BCUT2D eigenvalue weighted by Crippen LogP contribution is 2.40. The third-order valence-corrected chi connectivity index (χ3v) is 13.1. The average molecular weight is 868 g/mol. The minimum Gasteiger partial charge on any atom is -0.456 e. The Morgan fingerprint density at radius 2 is 0.485 bits per heavy atom. The molecule has 2 nitrogen and oxygen atoms in total. The van der Waals surface area contributed by atoms with Gasteiger partial charge in [0.15, 0.2) is 0 Å². The summed E-state index contributed by atoms with van der Waals surface area (Å²) in [5, 5.41) is 2.23. The van der Waals surface area contributed by atoms with Gasteiger partial charge < -0.3 is 9.32 Å². The minimum atomic E-state index is 0.864. The minimum absolute atomic E-state index is 0.864. The fraction of sp³-hybridized carbons (Fsp3) is 0. The van der Waals surface area contributed by atoms with Gasteiger partial charge in [-0.2, -0.15) is 0 Å². The number of hydrogen-bond acceptors (Lipinski definition) is 2. The zero-order valence-electron chi connectivity index (χ0n) is 37.3. The van der Waals surface area contributed by atoms with Gasteiger partial charge in [-0.3, -0.25) is 0 Å². The van der Waals surface area contributed by atoms with Gasteiger partial charge in [-0.1, -0.05) is 212 Å². The molecular weight excluding hydrogens is 823 g/mol. The molecule has 11 aromatic carbocycles. The number of anilines is 3. The maximum Gasteiger partial charge on any atom is 0.137 e. The molecule has 0 fully saturated rings. The van der Waals surface area contributed by atoms with E-state index < -0.39 is 0 Å². The van der Waals surface area contributed by atoms with E-state index in [4.69, 9.17) is 4.42 Å². The van der Waals surface area contributed by atoms with Gasteiger partial charge in [0.05, 0.1) is 0 Å². The van der Waals surface area contributed by atoms with E-state index in [-0.39, 0.29) is 0 Å². The van der Waals surface area contributed by atoms with E-state index in [9.17, 15) is 0 Å². The molecule has 0 saturated heterocycles. The number of rotatable bonds is 10. The second-order valence-corrected chi connectivity index (χ2v) is 17.3. The second kappa shape index (κ2) is 17.8. The van der Waals surface area contributed by atoms with E-state index in [1.807, 2.05) is 12.1 Å². The first-order valence-corrected chi connectivity index (χ1v) is 23.2. The molecule has 0 saturated carbocycles. The Balaban J connectivity index is 0.816. The zero-order valence-corrected chi connectivity index (χ0v) is 37.3. The molecular formula is C66H45NO. The molecule has 0 aliphatic carbocycles. The molecule has 0 aliphatic rings. The van der Waals surface area contributed by atoms with Crippen LogP contribution in [0.2, 0.25) is 0 Å². The molecule has 0 radical (unpaired) electrons. The van der Waals surface area contributed by atoms with Crippen LogP contribution in [0.1, 0.15) is 0 Å². The number of nitrogens with zero attached hydrogens (tertiary/aromatic N) is 1. The summed E-state index contributed by atoms with van der Waals surface area (Å²) in [6, 6.07) is 97.9. The van der Waals surface area contributed by atoms with Crippen LogP contribution in [0.15, 0.2) is 277 Å². The lowest BCUT2D eigenvalue weighted by Gasteiger charge is -2.26. The average Bonchev–Trinajstić information content (AvgIpc) is 3.80. The van der Waals surface area contributed by atoms with Crippen molar-refractivity contribution in [3.63, 3.8) is 0 Å². The van der Waals surface area contributed by atoms with Crippen LogP contribution >= 0.6 is 0 Å². The Bertz CT molecular complexity index is 3670. The lowest BCUT2D eigenvalue weighted by Crippen LogP contribution is -2.09. The van der Waals surface area contributed by atoms with Crippen LogP contribution in [-0.4, -0.2) is 0 Å². The zero-order chi connectivity index (χ0) is 45.2. The Morgan fingerprint density at radius 3 is 0.912 bits per heavy atom. The van der Waals surface area contributed by atoms with Crippen molar-refractivity contribution in [2.45, 2.75) is 0 Å². The van der Waals surface area contributed by atoms with Crippen LogP contribution in [0.4, 0.5) is 17.1 Å². The number of fused-ring (bicyclic) bond motifs is 3. The van der Waals surface area contributed by atoms with Crippen molar-refractivity contribution in [3.05, 3.63) is 273 Å². The van der Waals surface area contributed by atoms with Crippen molar-refractivity contribution in [1.29, 1.82) is 0 Å². The van der Waals surface area contributed by atoms with Crippen LogP contribution in [0.25, 0.3) is 99.8 Å². The normalized spacial score (nSPS) is 11.2. The van der Waals surface area contributed by atoms with Crippen molar-refractivity contribution in [1.82, 2.24) is 0 Å². The summed E-state index contributed by atoms with van der Waals surface area (Å²) in [7, 11) is 0. The van der Waals surface area contributed by atoms with E-state index in [0.717, 1.165) is 50.1 Å². The molecule has 320 valence electrons. The van der Waals surface area contributed by atoms with Crippen molar-refractivity contribution < 1.29 is 4.42 Å². The largest absolute Gasteiger partial charge is 0.456 e. The molecule has 0 atom stereocenters. The summed E-state index contributed by atoms with van der Waals surface area (Å²) in [6.45, 7) is 0. The van der Waals surface area contributed by atoms with Gasteiger partial charge in [-0.05, 0) is 132 Å². The molecule has 1 aromatic heterocycles. The van der Waals surface area contributed by atoms with E-state index in [2.05, 4.69) is 266 Å². The fourth-order valence-corrected chi connectivity index (χ4v) is 9.49. The van der Waals surface area contributed by atoms with Crippen LogP contribution in [0, 0.1) is 0 Å². The number of hydrogen-bond donors (Lipinski definition) is 0. The number of para-hydroxylation sites is 1. The first kappa shape index (κ1) is 40.5. The third kappa shape index (κ3) is 8.06. The fourth-order valence-electron chi connectivity index (χ4n) is 9.49. The molecule has 2 heteroatoms. The Morgan fingerprint density at radius 1 is 0.191 bits per heavy atom. The summed E-state index contributed by atoms with van der Waals surface area (Å²) in [4.78, 5) is 2.31. The van der Waals surface area contributed by atoms with Crippen molar-refractivity contribution in [2.75, 3.05) is 4.90 Å². The van der Waals surface area contributed by atoms with Gasteiger partial charge in [-0.15, -0.1) is 0 Å².